The molecule has 0 bridgehead atoms. The number of halogens is 1. The van der Waals surface area contributed by atoms with E-state index in [1.807, 2.05) is 36.4 Å². The Balaban J connectivity index is 2.01. The van der Waals surface area contributed by atoms with E-state index >= 15 is 0 Å². The fourth-order valence-electron chi connectivity index (χ4n) is 1.50. The molecule has 2 nitrogen and oxygen atoms in total. The number of hydrogen-bond acceptors (Lipinski definition) is 3. The van der Waals surface area contributed by atoms with Crippen LogP contribution in [0, 0.1) is 0 Å². The average Bonchev–Trinajstić information content (AvgIpc) is 2.38. The van der Waals surface area contributed by atoms with Gasteiger partial charge in [-0.25, -0.2) is 4.98 Å². The molecule has 0 aliphatic heterocycles. The second-order valence-corrected chi connectivity index (χ2v) is 5.45. The van der Waals surface area contributed by atoms with Gasteiger partial charge in [0.05, 0.1) is 11.1 Å². The quantitative estimate of drug-likeness (QED) is 0.856. The maximum atomic E-state index is 9.51. The number of hydrogen-bond donors (Lipinski definition) is 1. The molecule has 0 fully saturated rings. The first-order chi connectivity index (χ1) is 8.65. The van der Waals surface area contributed by atoms with Crippen molar-refractivity contribution >= 4 is 23.4 Å². The number of aromatic nitrogens is 1. The van der Waals surface area contributed by atoms with E-state index in [1.54, 1.807) is 24.9 Å². The number of thioether (sulfide) groups is 1. The van der Waals surface area contributed by atoms with Crippen LogP contribution < -0.4 is 0 Å². The molecule has 1 aromatic heterocycles. The summed E-state index contributed by atoms with van der Waals surface area (Å²) in [6.45, 7) is 1.75. The van der Waals surface area contributed by atoms with Crippen molar-refractivity contribution in [3.8, 4) is 0 Å². The molecule has 0 unspecified atom stereocenters. The van der Waals surface area contributed by atoms with E-state index in [9.17, 15) is 5.11 Å². The van der Waals surface area contributed by atoms with Crippen LogP contribution in [-0.2, 0) is 5.75 Å². The average molecular weight is 280 g/mol. The molecule has 1 heterocycles. The van der Waals surface area contributed by atoms with Gasteiger partial charge in [0, 0.05) is 17.0 Å². The molecule has 94 valence electrons. The number of aliphatic hydroxyl groups is 1. The summed E-state index contributed by atoms with van der Waals surface area (Å²) in [6.07, 6.45) is 1.27. The lowest BCUT2D eigenvalue weighted by atomic mass is 10.2. The molecule has 0 saturated carbocycles. The number of aliphatic hydroxyl groups excluding tert-OH is 1. The third-order valence-corrected chi connectivity index (χ3v) is 3.79. The van der Waals surface area contributed by atoms with Gasteiger partial charge in [-0.3, -0.25) is 0 Å². The van der Waals surface area contributed by atoms with Crippen molar-refractivity contribution in [3.05, 3.63) is 58.7 Å². The Morgan fingerprint density at radius 1 is 1.28 bits per heavy atom. The van der Waals surface area contributed by atoms with Gasteiger partial charge < -0.3 is 5.11 Å². The van der Waals surface area contributed by atoms with Gasteiger partial charge in [0.15, 0.2) is 0 Å². The smallest absolute Gasteiger partial charge is 0.0966 e. The Labute approximate surface area is 116 Å². The first-order valence-corrected chi connectivity index (χ1v) is 7.03. The predicted octanol–water partition coefficient (Wildman–Crippen LogP) is 4.08. The summed E-state index contributed by atoms with van der Waals surface area (Å²) >= 11 is 7.48. The van der Waals surface area contributed by atoms with Crippen LogP contribution in [0.15, 0.2) is 47.6 Å². The van der Waals surface area contributed by atoms with Crippen molar-refractivity contribution in [1.29, 1.82) is 0 Å². The zero-order valence-electron chi connectivity index (χ0n) is 10.0. The molecule has 2 rings (SSSR count). The summed E-state index contributed by atoms with van der Waals surface area (Å²) in [5.74, 6) is 0.841. The van der Waals surface area contributed by atoms with Gasteiger partial charge in [-0.2, -0.15) is 0 Å². The summed E-state index contributed by atoms with van der Waals surface area (Å²) in [7, 11) is 0. The highest BCUT2D eigenvalue weighted by Crippen LogP contribution is 2.24. The van der Waals surface area contributed by atoms with Crippen LogP contribution in [0.3, 0.4) is 0 Å². The van der Waals surface area contributed by atoms with Crippen LogP contribution >= 0.6 is 23.4 Å². The van der Waals surface area contributed by atoms with Crippen LogP contribution in [0.5, 0.6) is 0 Å². The Morgan fingerprint density at radius 3 is 2.67 bits per heavy atom. The third kappa shape index (κ3) is 3.73. The maximum Gasteiger partial charge on any atom is 0.0966 e. The van der Waals surface area contributed by atoms with E-state index in [2.05, 4.69) is 4.98 Å². The summed E-state index contributed by atoms with van der Waals surface area (Å²) in [4.78, 5) is 4.28. The lowest BCUT2D eigenvalue weighted by Gasteiger charge is -2.06. The molecule has 0 aliphatic rings. The van der Waals surface area contributed by atoms with Crippen LogP contribution in [0.1, 0.15) is 24.2 Å². The normalized spacial score (nSPS) is 12.4. The van der Waals surface area contributed by atoms with Gasteiger partial charge in [0.25, 0.3) is 0 Å². The highest BCUT2D eigenvalue weighted by atomic mass is 35.5. The highest BCUT2D eigenvalue weighted by molar-refractivity contribution is 7.98. The molecular weight excluding hydrogens is 266 g/mol. The topological polar surface area (TPSA) is 33.1 Å². The number of benzene rings is 1. The van der Waals surface area contributed by atoms with Crippen LogP contribution in [-0.4, -0.2) is 10.1 Å². The molecule has 0 amide bonds. The standard InChI is InChI=1S/C14H14ClNOS/c1-10(17)12-6-7-16-14(8-12)18-9-11-2-4-13(15)5-3-11/h2-8,10,17H,9H2,1H3/t10-/m0/s1. The first kappa shape index (κ1) is 13.4. The van der Waals surface area contributed by atoms with Crippen molar-refractivity contribution in [2.45, 2.75) is 23.8 Å². The molecule has 4 heteroatoms. The van der Waals surface area contributed by atoms with E-state index < -0.39 is 6.10 Å². The fraction of sp³-hybridized carbons (Fsp3) is 0.214. The van der Waals surface area contributed by atoms with Crippen molar-refractivity contribution in [2.24, 2.45) is 0 Å². The molecule has 2 aromatic rings. The number of rotatable bonds is 4. The minimum absolute atomic E-state index is 0.456. The van der Waals surface area contributed by atoms with E-state index in [1.165, 1.54) is 5.56 Å². The molecule has 1 aromatic carbocycles. The molecule has 0 saturated heterocycles. The molecule has 0 spiro atoms. The van der Waals surface area contributed by atoms with Crippen LogP contribution in [0.2, 0.25) is 5.02 Å². The van der Waals surface area contributed by atoms with Gasteiger partial charge in [-0.1, -0.05) is 23.7 Å². The molecular formula is C14H14ClNOS. The molecule has 0 aliphatic carbocycles. The van der Waals surface area contributed by atoms with E-state index in [-0.39, 0.29) is 0 Å². The minimum Gasteiger partial charge on any atom is -0.389 e. The van der Waals surface area contributed by atoms with Crippen molar-refractivity contribution < 1.29 is 5.11 Å². The van der Waals surface area contributed by atoms with Gasteiger partial charge in [-0.05, 0) is 42.3 Å². The van der Waals surface area contributed by atoms with Gasteiger partial charge in [0.1, 0.15) is 0 Å². The van der Waals surface area contributed by atoms with E-state index in [0.29, 0.717) is 0 Å². The Kier molecular flexibility index (Phi) is 4.64. The molecule has 1 atom stereocenters. The Hall–Kier alpha value is -1.03. The SMILES string of the molecule is C[C@H](O)c1ccnc(SCc2ccc(Cl)cc2)c1. The molecule has 18 heavy (non-hydrogen) atoms. The van der Waals surface area contributed by atoms with Gasteiger partial charge in [-0.15, -0.1) is 11.8 Å². The van der Waals surface area contributed by atoms with Crippen molar-refractivity contribution in [2.75, 3.05) is 0 Å². The minimum atomic E-state index is -0.456. The monoisotopic (exact) mass is 279 g/mol. The fourth-order valence-corrected chi connectivity index (χ4v) is 2.49. The summed E-state index contributed by atoms with van der Waals surface area (Å²) in [5.41, 5.74) is 2.09. The first-order valence-electron chi connectivity index (χ1n) is 5.66. The van der Waals surface area contributed by atoms with Gasteiger partial charge in [0.2, 0.25) is 0 Å². The van der Waals surface area contributed by atoms with Crippen molar-refractivity contribution in [3.63, 3.8) is 0 Å². The molecule has 1 N–H and O–H groups in total. The summed E-state index contributed by atoms with van der Waals surface area (Å²) < 4.78 is 0. The number of nitrogens with zero attached hydrogens (tertiary/aromatic N) is 1. The van der Waals surface area contributed by atoms with E-state index in [4.69, 9.17) is 11.6 Å². The number of pyridine rings is 1. The second kappa shape index (κ2) is 6.23. The van der Waals surface area contributed by atoms with Crippen molar-refractivity contribution in [1.82, 2.24) is 4.98 Å². The largest absolute Gasteiger partial charge is 0.389 e. The zero-order valence-corrected chi connectivity index (χ0v) is 11.6. The lowest BCUT2D eigenvalue weighted by molar-refractivity contribution is 0.199. The summed E-state index contributed by atoms with van der Waals surface area (Å²) in [5, 5.41) is 11.2. The highest BCUT2D eigenvalue weighted by Gasteiger charge is 2.03. The van der Waals surface area contributed by atoms with Crippen LogP contribution in [0.4, 0.5) is 0 Å². The Bertz CT molecular complexity index is 513. The Morgan fingerprint density at radius 2 is 2.00 bits per heavy atom. The van der Waals surface area contributed by atoms with Gasteiger partial charge >= 0.3 is 0 Å². The van der Waals surface area contributed by atoms with Crippen LogP contribution in [0.25, 0.3) is 0 Å². The summed E-state index contributed by atoms with van der Waals surface area (Å²) in [6, 6.07) is 11.5. The predicted molar refractivity (Wildman–Crippen MR) is 75.9 cm³/mol. The zero-order chi connectivity index (χ0) is 13.0. The molecule has 0 radical (unpaired) electrons. The third-order valence-electron chi connectivity index (χ3n) is 2.54. The maximum absolute atomic E-state index is 9.51. The lowest BCUT2D eigenvalue weighted by Crippen LogP contribution is -1.92. The second-order valence-electron chi connectivity index (χ2n) is 4.02. The van der Waals surface area contributed by atoms with E-state index in [0.717, 1.165) is 21.4 Å².